The second-order valence-electron chi connectivity index (χ2n) is 5.08. The van der Waals surface area contributed by atoms with Gasteiger partial charge < -0.3 is 0 Å². The van der Waals surface area contributed by atoms with Gasteiger partial charge in [0.25, 0.3) is 5.56 Å². The highest BCUT2D eigenvalue weighted by molar-refractivity contribution is 5.93. The molecule has 4 aromatic rings. The molecule has 0 N–H and O–H groups in total. The van der Waals surface area contributed by atoms with Gasteiger partial charge in [-0.2, -0.15) is 0 Å². The first kappa shape index (κ1) is 13.3. The summed E-state index contributed by atoms with van der Waals surface area (Å²) in [4.78, 5) is 25.5. The van der Waals surface area contributed by atoms with Crippen molar-refractivity contribution >= 4 is 10.9 Å². The first-order valence-corrected chi connectivity index (χ1v) is 7.16. The minimum atomic E-state index is -0.111. The van der Waals surface area contributed by atoms with Crippen molar-refractivity contribution in [2.75, 3.05) is 0 Å². The number of hydrogen-bond acceptors (Lipinski definition) is 4. The monoisotopic (exact) mass is 300 g/mol. The van der Waals surface area contributed by atoms with Crippen LogP contribution in [-0.2, 0) is 0 Å². The highest BCUT2D eigenvalue weighted by atomic mass is 16.1. The second kappa shape index (κ2) is 5.46. The zero-order valence-electron chi connectivity index (χ0n) is 12.1. The zero-order chi connectivity index (χ0) is 15.6. The Balaban J connectivity index is 2.05. The van der Waals surface area contributed by atoms with E-state index in [1.54, 1.807) is 23.3 Å². The van der Waals surface area contributed by atoms with Gasteiger partial charge in [0.05, 0.1) is 16.6 Å². The summed E-state index contributed by atoms with van der Waals surface area (Å²) >= 11 is 0. The third kappa shape index (κ3) is 2.28. The molecule has 2 heterocycles. The van der Waals surface area contributed by atoms with Gasteiger partial charge in [-0.3, -0.25) is 9.36 Å². The Morgan fingerprint density at radius 1 is 0.870 bits per heavy atom. The lowest BCUT2D eigenvalue weighted by molar-refractivity contribution is 0.963. The molecule has 0 unspecified atom stereocenters. The molecule has 0 spiro atoms. The molecule has 4 rings (SSSR count). The first-order valence-electron chi connectivity index (χ1n) is 7.16. The van der Waals surface area contributed by atoms with Crippen LogP contribution in [0, 0.1) is 0 Å². The van der Waals surface area contributed by atoms with Crippen molar-refractivity contribution in [3.05, 3.63) is 83.9 Å². The molecule has 0 bridgehead atoms. The number of fused-ring (bicyclic) bond motifs is 1. The highest BCUT2D eigenvalue weighted by Crippen LogP contribution is 2.24. The van der Waals surface area contributed by atoms with Gasteiger partial charge in [0.15, 0.2) is 0 Å². The van der Waals surface area contributed by atoms with E-state index < -0.39 is 0 Å². The van der Waals surface area contributed by atoms with Gasteiger partial charge in [-0.05, 0) is 23.8 Å². The standard InChI is InChI=1S/C18H12N4O/c23-18-17-15(13-9-19-11-20-10-13)7-4-8-16(17)21-12-22(18)14-5-2-1-3-6-14/h1-12H. The molecule has 0 saturated heterocycles. The van der Waals surface area contributed by atoms with E-state index in [0.717, 1.165) is 16.8 Å². The molecule has 0 radical (unpaired) electrons. The molecule has 0 aliphatic carbocycles. The molecule has 2 aromatic carbocycles. The topological polar surface area (TPSA) is 60.7 Å². The Morgan fingerprint density at radius 2 is 1.65 bits per heavy atom. The van der Waals surface area contributed by atoms with Crippen LogP contribution < -0.4 is 5.56 Å². The lowest BCUT2D eigenvalue weighted by Crippen LogP contribution is -2.19. The van der Waals surface area contributed by atoms with Crippen LogP contribution in [0.15, 0.2) is 78.4 Å². The molecule has 0 aliphatic heterocycles. The summed E-state index contributed by atoms with van der Waals surface area (Å²) in [5.74, 6) is 0. The molecule has 23 heavy (non-hydrogen) atoms. The van der Waals surface area contributed by atoms with E-state index in [0.29, 0.717) is 10.9 Å². The van der Waals surface area contributed by atoms with Gasteiger partial charge in [0.1, 0.15) is 12.7 Å². The van der Waals surface area contributed by atoms with E-state index in [4.69, 9.17) is 0 Å². The van der Waals surface area contributed by atoms with E-state index in [1.165, 1.54) is 6.33 Å². The summed E-state index contributed by atoms with van der Waals surface area (Å²) in [5.41, 5.74) is 2.91. The Morgan fingerprint density at radius 3 is 2.43 bits per heavy atom. The van der Waals surface area contributed by atoms with Crippen LogP contribution in [0.1, 0.15) is 0 Å². The number of rotatable bonds is 2. The van der Waals surface area contributed by atoms with E-state index in [1.807, 2.05) is 48.5 Å². The summed E-state index contributed by atoms with van der Waals surface area (Å²) in [7, 11) is 0. The van der Waals surface area contributed by atoms with E-state index >= 15 is 0 Å². The molecule has 5 nitrogen and oxygen atoms in total. The van der Waals surface area contributed by atoms with Crippen molar-refractivity contribution in [3.8, 4) is 16.8 Å². The first-order chi connectivity index (χ1) is 11.3. The van der Waals surface area contributed by atoms with Gasteiger partial charge in [0, 0.05) is 18.0 Å². The third-order valence-electron chi connectivity index (χ3n) is 3.69. The molecule has 0 fully saturated rings. The zero-order valence-corrected chi connectivity index (χ0v) is 12.1. The minimum Gasteiger partial charge on any atom is -0.268 e. The normalized spacial score (nSPS) is 10.8. The van der Waals surface area contributed by atoms with Gasteiger partial charge >= 0.3 is 0 Å². The summed E-state index contributed by atoms with van der Waals surface area (Å²) < 4.78 is 1.55. The molecule has 0 saturated carbocycles. The van der Waals surface area contributed by atoms with Crippen LogP contribution in [0.4, 0.5) is 0 Å². The molecule has 0 aliphatic rings. The average molecular weight is 300 g/mol. The fourth-order valence-electron chi connectivity index (χ4n) is 2.62. The van der Waals surface area contributed by atoms with Crippen LogP contribution in [0.3, 0.4) is 0 Å². The maximum atomic E-state index is 13.0. The number of para-hydroxylation sites is 1. The highest BCUT2D eigenvalue weighted by Gasteiger charge is 2.11. The summed E-state index contributed by atoms with van der Waals surface area (Å²) in [6.45, 7) is 0. The third-order valence-corrected chi connectivity index (χ3v) is 3.69. The van der Waals surface area contributed by atoms with Crippen molar-refractivity contribution in [3.63, 3.8) is 0 Å². The van der Waals surface area contributed by atoms with Crippen molar-refractivity contribution in [1.82, 2.24) is 19.5 Å². The summed E-state index contributed by atoms with van der Waals surface area (Å²) in [6.07, 6.45) is 6.42. The second-order valence-corrected chi connectivity index (χ2v) is 5.08. The van der Waals surface area contributed by atoms with Gasteiger partial charge in [-0.25, -0.2) is 15.0 Å². The van der Waals surface area contributed by atoms with Crippen molar-refractivity contribution in [2.24, 2.45) is 0 Å². The van der Waals surface area contributed by atoms with E-state index in [2.05, 4.69) is 15.0 Å². The molecular weight excluding hydrogens is 288 g/mol. The number of aromatic nitrogens is 4. The van der Waals surface area contributed by atoms with Crippen molar-refractivity contribution in [2.45, 2.75) is 0 Å². The number of hydrogen-bond donors (Lipinski definition) is 0. The Hall–Kier alpha value is -3.34. The van der Waals surface area contributed by atoms with Crippen LogP contribution >= 0.6 is 0 Å². The Kier molecular flexibility index (Phi) is 3.16. The molecule has 0 amide bonds. The molecule has 2 aromatic heterocycles. The average Bonchev–Trinajstić information content (AvgIpc) is 2.63. The van der Waals surface area contributed by atoms with Crippen LogP contribution in [0.25, 0.3) is 27.7 Å². The number of benzene rings is 2. The Labute approximate surface area is 131 Å². The molecular formula is C18H12N4O. The van der Waals surface area contributed by atoms with Crippen LogP contribution in [0.5, 0.6) is 0 Å². The molecule has 110 valence electrons. The quantitative estimate of drug-likeness (QED) is 0.571. The van der Waals surface area contributed by atoms with Gasteiger partial charge in [0.2, 0.25) is 0 Å². The summed E-state index contributed by atoms with van der Waals surface area (Å²) in [6, 6.07) is 15.1. The fourth-order valence-corrected chi connectivity index (χ4v) is 2.62. The van der Waals surface area contributed by atoms with Crippen molar-refractivity contribution in [1.29, 1.82) is 0 Å². The fraction of sp³-hybridized carbons (Fsp3) is 0. The maximum Gasteiger partial charge on any atom is 0.266 e. The van der Waals surface area contributed by atoms with Crippen LogP contribution in [-0.4, -0.2) is 19.5 Å². The molecule has 5 heteroatoms. The van der Waals surface area contributed by atoms with Crippen LogP contribution in [0.2, 0.25) is 0 Å². The lowest BCUT2D eigenvalue weighted by atomic mass is 10.0. The lowest BCUT2D eigenvalue weighted by Gasteiger charge is -2.09. The maximum absolute atomic E-state index is 13.0. The van der Waals surface area contributed by atoms with Gasteiger partial charge in [-0.1, -0.05) is 30.3 Å². The number of nitrogens with zero attached hydrogens (tertiary/aromatic N) is 4. The predicted octanol–water partition coefficient (Wildman–Crippen LogP) is 2.84. The van der Waals surface area contributed by atoms with Gasteiger partial charge in [-0.15, -0.1) is 0 Å². The largest absolute Gasteiger partial charge is 0.268 e. The van der Waals surface area contributed by atoms with E-state index in [9.17, 15) is 4.79 Å². The minimum absolute atomic E-state index is 0.111. The SMILES string of the molecule is O=c1c2c(-c3cncnc3)cccc2ncn1-c1ccccc1. The predicted molar refractivity (Wildman–Crippen MR) is 88.4 cm³/mol. The smallest absolute Gasteiger partial charge is 0.266 e. The van der Waals surface area contributed by atoms with Crippen molar-refractivity contribution < 1.29 is 0 Å². The Bertz CT molecular complexity index is 1030. The molecule has 0 atom stereocenters. The summed E-state index contributed by atoms with van der Waals surface area (Å²) in [5, 5.41) is 0.564. The van der Waals surface area contributed by atoms with E-state index in [-0.39, 0.29) is 5.56 Å².